The van der Waals surface area contributed by atoms with Crippen LogP contribution in [0, 0.1) is 0 Å². The highest BCUT2D eigenvalue weighted by Crippen LogP contribution is 2.25. The molecule has 0 aromatic carbocycles. The van der Waals surface area contributed by atoms with Gasteiger partial charge in [0.1, 0.15) is 5.82 Å². The van der Waals surface area contributed by atoms with Crippen molar-refractivity contribution in [1.29, 1.82) is 0 Å². The molecular weight excluding hydrogens is 326 g/mol. The third-order valence-corrected chi connectivity index (χ3v) is 5.40. The topological polar surface area (TPSA) is 80.1 Å². The van der Waals surface area contributed by atoms with Gasteiger partial charge in [0.15, 0.2) is 5.13 Å². The number of nitrogens with zero attached hydrogens (tertiary/aromatic N) is 4. The predicted octanol–water partition coefficient (Wildman–Crippen LogP) is 1.14. The lowest BCUT2D eigenvalue weighted by atomic mass is 10.1. The molecule has 4 heterocycles. The minimum atomic E-state index is -0.0202. The molecule has 1 N–H and O–H groups in total. The van der Waals surface area contributed by atoms with Gasteiger partial charge in [-0.25, -0.2) is 9.97 Å². The van der Waals surface area contributed by atoms with Crippen LogP contribution in [0.4, 0.5) is 5.13 Å². The van der Waals surface area contributed by atoms with Crippen LogP contribution >= 0.6 is 11.3 Å². The standard InChI is InChI=1S/C16H19N5O2S/c22-14(18-11-3-4-13-17-5-7-20(13)9-11)8-12-10-24-16(19-12)21-6-1-2-15(21)23/h5,7,10-11H,1-4,6,8-9H2,(H,18,22)/t11-/m1/s1. The summed E-state index contributed by atoms with van der Waals surface area (Å²) in [5.74, 6) is 1.19. The number of hydrogen-bond donors (Lipinski definition) is 1. The van der Waals surface area contributed by atoms with Crippen molar-refractivity contribution < 1.29 is 9.59 Å². The second-order valence-corrected chi connectivity index (χ2v) is 7.08. The minimum Gasteiger partial charge on any atom is -0.351 e. The minimum absolute atomic E-state index is 0.0202. The van der Waals surface area contributed by atoms with E-state index in [1.165, 1.54) is 11.3 Å². The number of amides is 2. The highest BCUT2D eigenvalue weighted by molar-refractivity contribution is 7.14. The largest absolute Gasteiger partial charge is 0.351 e. The van der Waals surface area contributed by atoms with Crippen LogP contribution in [0.2, 0.25) is 0 Å². The van der Waals surface area contributed by atoms with Crippen LogP contribution in [-0.4, -0.2) is 38.9 Å². The number of nitrogens with one attached hydrogen (secondary N) is 1. The molecular formula is C16H19N5O2S. The van der Waals surface area contributed by atoms with Crippen LogP contribution in [0.25, 0.3) is 0 Å². The van der Waals surface area contributed by atoms with Gasteiger partial charge in [-0.2, -0.15) is 0 Å². The summed E-state index contributed by atoms with van der Waals surface area (Å²) in [7, 11) is 0. The van der Waals surface area contributed by atoms with E-state index < -0.39 is 0 Å². The summed E-state index contributed by atoms with van der Waals surface area (Å²) >= 11 is 1.43. The average Bonchev–Trinajstić information content (AvgIpc) is 3.27. The monoisotopic (exact) mass is 345 g/mol. The van der Waals surface area contributed by atoms with E-state index in [4.69, 9.17) is 0 Å². The lowest BCUT2D eigenvalue weighted by molar-refractivity contribution is -0.121. The molecule has 1 atom stereocenters. The number of imidazole rings is 1. The van der Waals surface area contributed by atoms with Crippen LogP contribution in [0.5, 0.6) is 0 Å². The van der Waals surface area contributed by atoms with E-state index >= 15 is 0 Å². The number of aromatic nitrogens is 3. The van der Waals surface area contributed by atoms with Crippen LogP contribution < -0.4 is 10.2 Å². The first kappa shape index (κ1) is 15.3. The Labute approximate surface area is 143 Å². The van der Waals surface area contributed by atoms with Crippen molar-refractivity contribution >= 4 is 28.3 Å². The van der Waals surface area contributed by atoms with Crippen molar-refractivity contribution in [2.45, 2.75) is 44.7 Å². The second-order valence-electron chi connectivity index (χ2n) is 6.25. The molecule has 2 aromatic rings. The first-order valence-electron chi connectivity index (χ1n) is 8.23. The van der Waals surface area contributed by atoms with Gasteiger partial charge in [0.25, 0.3) is 0 Å². The van der Waals surface area contributed by atoms with Gasteiger partial charge >= 0.3 is 0 Å². The highest BCUT2D eigenvalue weighted by atomic mass is 32.1. The van der Waals surface area contributed by atoms with Gasteiger partial charge in [-0.15, -0.1) is 11.3 Å². The van der Waals surface area contributed by atoms with Gasteiger partial charge in [0.05, 0.1) is 12.1 Å². The highest BCUT2D eigenvalue weighted by Gasteiger charge is 2.25. The van der Waals surface area contributed by atoms with E-state index in [0.717, 1.165) is 43.9 Å². The van der Waals surface area contributed by atoms with Gasteiger partial charge in [0.2, 0.25) is 11.8 Å². The molecule has 0 spiro atoms. The maximum atomic E-state index is 12.3. The Balaban J connectivity index is 1.33. The van der Waals surface area contributed by atoms with E-state index in [0.29, 0.717) is 11.6 Å². The Morgan fingerprint density at radius 1 is 1.42 bits per heavy atom. The molecule has 126 valence electrons. The van der Waals surface area contributed by atoms with Crippen molar-refractivity contribution in [3.05, 3.63) is 29.3 Å². The van der Waals surface area contributed by atoms with Crippen LogP contribution in [-0.2, 0) is 29.0 Å². The Hall–Kier alpha value is -2.22. The summed E-state index contributed by atoms with van der Waals surface area (Å²) in [5.41, 5.74) is 0.728. The molecule has 2 aliphatic heterocycles. The number of carbonyl (C=O) groups excluding carboxylic acids is 2. The fraction of sp³-hybridized carbons (Fsp3) is 0.500. The van der Waals surface area contributed by atoms with Crippen molar-refractivity contribution in [2.75, 3.05) is 11.4 Å². The lowest BCUT2D eigenvalue weighted by Crippen LogP contribution is -2.41. The average molecular weight is 345 g/mol. The van der Waals surface area contributed by atoms with Crippen molar-refractivity contribution in [1.82, 2.24) is 19.9 Å². The number of rotatable bonds is 4. The Morgan fingerprint density at radius 3 is 3.17 bits per heavy atom. The third kappa shape index (κ3) is 3.06. The maximum absolute atomic E-state index is 12.3. The molecule has 2 aromatic heterocycles. The molecule has 4 rings (SSSR count). The summed E-state index contributed by atoms with van der Waals surface area (Å²) in [6.07, 6.45) is 7.28. The van der Waals surface area contributed by atoms with Crippen LogP contribution in [0.1, 0.15) is 30.8 Å². The van der Waals surface area contributed by atoms with Gasteiger partial charge in [-0.3, -0.25) is 14.5 Å². The van der Waals surface area contributed by atoms with Crippen molar-refractivity contribution in [3.8, 4) is 0 Å². The molecule has 0 bridgehead atoms. The smallest absolute Gasteiger partial charge is 0.228 e. The SMILES string of the molecule is O=C(Cc1csc(N2CCCC2=O)n1)N[C@@H]1CCc2nccn2C1. The van der Waals surface area contributed by atoms with Gasteiger partial charge in [0, 0.05) is 49.7 Å². The molecule has 0 saturated carbocycles. The number of anilines is 1. The van der Waals surface area contributed by atoms with Gasteiger partial charge in [-0.1, -0.05) is 0 Å². The normalized spacial score (nSPS) is 20.2. The summed E-state index contributed by atoms with van der Waals surface area (Å²) in [5, 5.41) is 5.66. The lowest BCUT2D eigenvalue weighted by Gasteiger charge is -2.24. The zero-order chi connectivity index (χ0) is 16.5. The number of fused-ring (bicyclic) bond motifs is 1. The molecule has 1 saturated heterocycles. The Morgan fingerprint density at radius 2 is 2.33 bits per heavy atom. The molecule has 8 heteroatoms. The van der Waals surface area contributed by atoms with Crippen molar-refractivity contribution in [3.63, 3.8) is 0 Å². The van der Waals surface area contributed by atoms with E-state index in [-0.39, 0.29) is 24.3 Å². The van der Waals surface area contributed by atoms with E-state index in [1.54, 1.807) is 11.1 Å². The molecule has 24 heavy (non-hydrogen) atoms. The number of carbonyl (C=O) groups is 2. The molecule has 0 radical (unpaired) electrons. The molecule has 1 fully saturated rings. The molecule has 2 aliphatic rings. The Kier molecular flexibility index (Phi) is 4.05. The summed E-state index contributed by atoms with van der Waals surface area (Å²) in [6.45, 7) is 1.50. The van der Waals surface area contributed by atoms with Crippen LogP contribution in [0.3, 0.4) is 0 Å². The van der Waals surface area contributed by atoms with Crippen molar-refractivity contribution in [2.24, 2.45) is 0 Å². The fourth-order valence-corrected chi connectivity index (χ4v) is 4.15. The van der Waals surface area contributed by atoms with E-state index in [2.05, 4.69) is 19.9 Å². The zero-order valence-corrected chi connectivity index (χ0v) is 14.1. The number of aryl methyl sites for hydroxylation is 1. The van der Waals surface area contributed by atoms with Crippen LogP contribution in [0.15, 0.2) is 17.8 Å². The van der Waals surface area contributed by atoms with Gasteiger partial charge in [-0.05, 0) is 12.8 Å². The van der Waals surface area contributed by atoms with E-state index in [9.17, 15) is 9.59 Å². The third-order valence-electron chi connectivity index (χ3n) is 4.49. The molecule has 2 amide bonds. The second kappa shape index (κ2) is 6.35. The molecule has 0 aliphatic carbocycles. The first-order valence-corrected chi connectivity index (χ1v) is 9.11. The number of thiazole rings is 1. The summed E-state index contributed by atoms with van der Waals surface area (Å²) in [6, 6.07) is 0.137. The van der Waals surface area contributed by atoms with Gasteiger partial charge < -0.3 is 9.88 Å². The zero-order valence-electron chi connectivity index (χ0n) is 13.3. The summed E-state index contributed by atoms with van der Waals surface area (Å²) < 4.78 is 2.09. The van der Waals surface area contributed by atoms with E-state index in [1.807, 2.05) is 11.6 Å². The Bertz CT molecular complexity index is 768. The first-order chi connectivity index (χ1) is 11.7. The predicted molar refractivity (Wildman–Crippen MR) is 89.9 cm³/mol. The quantitative estimate of drug-likeness (QED) is 0.901. The fourth-order valence-electron chi connectivity index (χ4n) is 3.28. The maximum Gasteiger partial charge on any atom is 0.228 e. The summed E-state index contributed by atoms with van der Waals surface area (Å²) in [4.78, 5) is 34.5. The number of hydrogen-bond acceptors (Lipinski definition) is 5. The molecule has 0 unspecified atom stereocenters. The molecule has 7 nitrogen and oxygen atoms in total.